The van der Waals surface area contributed by atoms with Gasteiger partial charge in [-0.15, -0.1) is 0 Å². The molecule has 2 aromatic rings. The molecule has 2 aliphatic heterocycles. The van der Waals surface area contributed by atoms with Gasteiger partial charge in [-0.1, -0.05) is 29.8 Å². The van der Waals surface area contributed by atoms with Crippen LogP contribution in [0.4, 0.5) is 0 Å². The van der Waals surface area contributed by atoms with Gasteiger partial charge in [0.05, 0.1) is 11.1 Å². The van der Waals surface area contributed by atoms with Crippen LogP contribution in [0.1, 0.15) is 41.8 Å². The maximum Gasteiger partial charge on any atom is 0.232 e. The molecule has 0 radical (unpaired) electrons. The van der Waals surface area contributed by atoms with Gasteiger partial charge in [-0.3, -0.25) is 14.3 Å². The summed E-state index contributed by atoms with van der Waals surface area (Å²) < 4.78 is 1.82. The van der Waals surface area contributed by atoms with Gasteiger partial charge < -0.3 is 10.2 Å². The zero-order valence-electron chi connectivity index (χ0n) is 16.5. The van der Waals surface area contributed by atoms with Crippen LogP contribution in [-0.2, 0) is 28.6 Å². The predicted octanol–water partition coefficient (Wildman–Crippen LogP) is 2.64. The van der Waals surface area contributed by atoms with Gasteiger partial charge in [0.15, 0.2) is 0 Å². The zero-order chi connectivity index (χ0) is 20.1. The first-order valence-electron chi connectivity index (χ1n) is 9.65. The number of hydrogen-bond acceptors (Lipinski definition) is 3. The Hall–Kier alpha value is -2.34. The van der Waals surface area contributed by atoms with E-state index in [-0.39, 0.29) is 17.9 Å². The number of aromatic nitrogens is 2. The number of rotatable bonds is 4. The molecule has 1 aromatic carbocycles. The van der Waals surface area contributed by atoms with Crippen molar-refractivity contribution in [3.63, 3.8) is 0 Å². The number of benzene rings is 1. The van der Waals surface area contributed by atoms with Crippen molar-refractivity contribution >= 4 is 23.4 Å². The summed E-state index contributed by atoms with van der Waals surface area (Å²) in [7, 11) is 1.90. The third-order valence-corrected chi connectivity index (χ3v) is 6.72. The monoisotopic (exact) mass is 400 g/mol. The smallest absolute Gasteiger partial charge is 0.232 e. The molecule has 28 heavy (non-hydrogen) atoms. The van der Waals surface area contributed by atoms with Crippen LogP contribution in [0.5, 0.6) is 0 Å². The number of amides is 2. The molecule has 0 saturated carbocycles. The molecular formula is C21H25ClN4O2. The Morgan fingerprint density at radius 1 is 1.36 bits per heavy atom. The molecule has 7 heteroatoms. The highest BCUT2D eigenvalue weighted by Gasteiger charge is 2.54. The highest BCUT2D eigenvalue weighted by atomic mass is 35.5. The number of hydrogen-bond donors (Lipinski definition) is 1. The molecular weight excluding hydrogens is 376 g/mol. The molecule has 0 spiro atoms. The van der Waals surface area contributed by atoms with Crippen molar-refractivity contribution in [2.24, 2.45) is 7.05 Å². The molecule has 4 rings (SSSR count). The summed E-state index contributed by atoms with van der Waals surface area (Å²) >= 11 is 6.51. The van der Waals surface area contributed by atoms with Crippen molar-refractivity contribution < 1.29 is 9.59 Å². The first kappa shape index (κ1) is 19.0. The van der Waals surface area contributed by atoms with Gasteiger partial charge in [0.2, 0.25) is 11.8 Å². The molecule has 3 heterocycles. The van der Waals surface area contributed by atoms with Gasteiger partial charge in [-0.2, -0.15) is 5.10 Å². The average molecular weight is 401 g/mol. The van der Waals surface area contributed by atoms with Gasteiger partial charge in [0.25, 0.3) is 0 Å². The van der Waals surface area contributed by atoms with Crippen LogP contribution >= 0.6 is 11.6 Å². The quantitative estimate of drug-likeness (QED) is 0.857. The molecule has 2 atom stereocenters. The molecule has 148 valence electrons. The number of halogens is 1. The van der Waals surface area contributed by atoms with Crippen molar-refractivity contribution in [3.8, 4) is 0 Å². The minimum Gasteiger partial charge on any atom is -0.351 e. The van der Waals surface area contributed by atoms with Gasteiger partial charge in [-0.05, 0) is 38.3 Å². The number of carbonyl (C=O) groups excluding carboxylic acids is 2. The number of fused-ring (bicyclic) bond motifs is 1. The molecule has 1 aromatic heterocycles. The molecule has 0 unspecified atom stereocenters. The fourth-order valence-electron chi connectivity index (χ4n) is 4.72. The second kappa shape index (κ2) is 6.92. The van der Waals surface area contributed by atoms with Crippen molar-refractivity contribution in [1.82, 2.24) is 20.0 Å². The largest absolute Gasteiger partial charge is 0.351 e. The van der Waals surface area contributed by atoms with Gasteiger partial charge >= 0.3 is 0 Å². The topological polar surface area (TPSA) is 67.2 Å². The maximum atomic E-state index is 13.5. The highest BCUT2D eigenvalue weighted by Crippen LogP contribution is 2.45. The molecule has 0 aliphatic carbocycles. The van der Waals surface area contributed by atoms with E-state index < -0.39 is 5.41 Å². The van der Waals surface area contributed by atoms with E-state index >= 15 is 0 Å². The van der Waals surface area contributed by atoms with E-state index in [9.17, 15) is 9.59 Å². The Balaban J connectivity index is 1.65. The Morgan fingerprint density at radius 3 is 2.75 bits per heavy atom. The Bertz CT molecular complexity index is 954. The highest BCUT2D eigenvalue weighted by molar-refractivity contribution is 6.31. The van der Waals surface area contributed by atoms with E-state index in [1.54, 1.807) is 0 Å². The minimum atomic E-state index is -0.816. The molecule has 2 fully saturated rings. The lowest BCUT2D eigenvalue weighted by atomic mass is 9.76. The SMILES string of the molecule is Cc1nn(C)c(C)c1CNC(=O)[C@@]1(c2ccccc2Cl)C[C@@H]2CCC(=O)N2C1. The van der Waals surface area contributed by atoms with Crippen LogP contribution in [0.3, 0.4) is 0 Å². The third kappa shape index (κ3) is 2.91. The van der Waals surface area contributed by atoms with Crippen LogP contribution in [0, 0.1) is 13.8 Å². The van der Waals surface area contributed by atoms with Crippen LogP contribution in [0.15, 0.2) is 24.3 Å². The number of nitrogens with zero attached hydrogens (tertiary/aromatic N) is 3. The fourth-order valence-corrected chi connectivity index (χ4v) is 5.04. The average Bonchev–Trinajstić information content (AvgIpc) is 3.28. The lowest BCUT2D eigenvalue weighted by Gasteiger charge is -2.29. The lowest BCUT2D eigenvalue weighted by molar-refractivity contribution is -0.129. The Labute approximate surface area is 169 Å². The van der Waals surface area contributed by atoms with Crippen LogP contribution < -0.4 is 5.32 Å². The summed E-state index contributed by atoms with van der Waals surface area (Å²) in [6.45, 7) is 4.74. The van der Waals surface area contributed by atoms with Gasteiger partial charge in [-0.25, -0.2) is 0 Å². The standard InChI is InChI=1S/C21H25ClN4O2/c1-13-16(14(2)25(3)24-13)11-23-20(28)21(17-6-4-5-7-18(17)22)10-15-8-9-19(27)26(15)12-21/h4-7,15H,8-12H2,1-3H3,(H,23,28)/t15-,21-/m0/s1. The summed E-state index contributed by atoms with van der Waals surface area (Å²) in [5.74, 6) is 0.0520. The van der Waals surface area contributed by atoms with Crippen molar-refractivity contribution in [2.45, 2.75) is 51.1 Å². The lowest BCUT2D eigenvalue weighted by Crippen LogP contribution is -2.47. The molecule has 2 amide bonds. The second-order valence-corrected chi connectivity index (χ2v) is 8.34. The predicted molar refractivity (Wildman–Crippen MR) is 107 cm³/mol. The summed E-state index contributed by atoms with van der Waals surface area (Å²) in [6.07, 6.45) is 1.98. The first-order valence-corrected chi connectivity index (χ1v) is 10.0. The molecule has 2 saturated heterocycles. The molecule has 1 N–H and O–H groups in total. The second-order valence-electron chi connectivity index (χ2n) is 7.94. The maximum absolute atomic E-state index is 13.5. The van der Waals surface area contributed by atoms with E-state index in [2.05, 4.69) is 10.4 Å². The number of nitrogens with one attached hydrogen (secondary N) is 1. The van der Waals surface area contributed by atoms with E-state index in [0.29, 0.717) is 31.0 Å². The summed E-state index contributed by atoms with van der Waals surface area (Å²) in [5, 5.41) is 8.11. The zero-order valence-corrected chi connectivity index (χ0v) is 17.2. The number of carbonyl (C=O) groups is 2. The van der Waals surface area contributed by atoms with Gasteiger partial charge in [0, 0.05) is 48.9 Å². The Morgan fingerprint density at radius 2 is 2.11 bits per heavy atom. The first-order chi connectivity index (χ1) is 13.3. The Kier molecular flexibility index (Phi) is 4.70. The van der Waals surface area contributed by atoms with E-state index in [4.69, 9.17) is 11.6 Å². The fraction of sp³-hybridized carbons (Fsp3) is 0.476. The summed E-state index contributed by atoms with van der Waals surface area (Å²) in [5.41, 5.74) is 2.96. The van der Waals surface area contributed by atoms with Gasteiger partial charge in [0.1, 0.15) is 0 Å². The molecule has 6 nitrogen and oxygen atoms in total. The third-order valence-electron chi connectivity index (χ3n) is 6.39. The van der Waals surface area contributed by atoms with Crippen LogP contribution in [-0.4, -0.2) is 39.1 Å². The van der Waals surface area contributed by atoms with Crippen molar-refractivity contribution in [3.05, 3.63) is 51.8 Å². The van der Waals surface area contributed by atoms with Crippen LogP contribution in [0.2, 0.25) is 5.02 Å². The van der Waals surface area contributed by atoms with E-state index in [1.165, 1.54) is 0 Å². The molecule has 2 aliphatic rings. The minimum absolute atomic E-state index is 0.0783. The van der Waals surface area contributed by atoms with Crippen LogP contribution in [0.25, 0.3) is 0 Å². The van der Waals surface area contributed by atoms with Crippen molar-refractivity contribution in [2.75, 3.05) is 6.54 Å². The number of aryl methyl sites for hydroxylation is 2. The summed E-state index contributed by atoms with van der Waals surface area (Å²) in [4.78, 5) is 27.7. The van der Waals surface area contributed by atoms with Crippen molar-refractivity contribution in [1.29, 1.82) is 0 Å². The molecule has 0 bridgehead atoms. The summed E-state index contributed by atoms with van der Waals surface area (Å²) in [6, 6.07) is 7.59. The van der Waals surface area contributed by atoms with E-state index in [1.807, 2.05) is 54.7 Å². The normalized spacial score (nSPS) is 23.9. The van der Waals surface area contributed by atoms with E-state index in [0.717, 1.165) is 28.9 Å².